The van der Waals surface area contributed by atoms with Crippen LogP contribution in [-0.2, 0) is 16.0 Å². The second-order valence-corrected chi connectivity index (χ2v) is 4.88. The van der Waals surface area contributed by atoms with Crippen molar-refractivity contribution in [2.75, 3.05) is 6.54 Å². The minimum Gasteiger partial charge on any atom is -0.356 e. The van der Waals surface area contributed by atoms with E-state index < -0.39 is 6.04 Å². The molecule has 6 heteroatoms. The van der Waals surface area contributed by atoms with E-state index in [2.05, 4.69) is 15.8 Å². The summed E-state index contributed by atoms with van der Waals surface area (Å²) in [5.41, 5.74) is 1.22. The first-order valence-corrected chi connectivity index (χ1v) is 7.02. The van der Waals surface area contributed by atoms with Gasteiger partial charge in [-0.25, -0.2) is 0 Å². The van der Waals surface area contributed by atoms with Crippen molar-refractivity contribution in [3.8, 4) is 0 Å². The number of carbonyl (C=O) groups excluding carboxylic acids is 2. The van der Waals surface area contributed by atoms with Crippen LogP contribution >= 0.6 is 0 Å². The monoisotopic (exact) mass is 289 g/mol. The fraction of sp³-hybridized carbons (Fsp3) is 0.400. The number of benzene rings is 1. The van der Waals surface area contributed by atoms with Gasteiger partial charge in [-0.1, -0.05) is 24.2 Å². The molecule has 2 N–H and O–H groups in total. The first kappa shape index (κ1) is 15.0. The Hall–Kier alpha value is -2.37. The highest BCUT2D eigenvalue weighted by molar-refractivity contribution is 5.90. The fourth-order valence-corrected chi connectivity index (χ4v) is 1.98. The lowest BCUT2D eigenvalue weighted by atomic mass is 10.1. The molecule has 0 spiro atoms. The zero-order valence-electron chi connectivity index (χ0n) is 12.2. The number of aromatic nitrogens is 1. The highest BCUT2D eigenvalue weighted by atomic mass is 16.5. The third kappa shape index (κ3) is 3.81. The number of hydrogen-bond acceptors (Lipinski definition) is 4. The smallest absolute Gasteiger partial charge is 0.242 e. The van der Waals surface area contributed by atoms with Crippen molar-refractivity contribution in [2.45, 2.75) is 32.7 Å². The van der Waals surface area contributed by atoms with Crippen LogP contribution in [0.1, 0.15) is 26.0 Å². The average Bonchev–Trinajstić information content (AvgIpc) is 2.88. The van der Waals surface area contributed by atoms with Gasteiger partial charge in [-0.05, 0) is 25.5 Å². The summed E-state index contributed by atoms with van der Waals surface area (Å²) in [4.78, 5) is 23.7. The van der Waals surface area contributed by atoms with Crippen LogP contribution in [-0.4, -0.2) is 29.6 Å². The fourth-order valence-electron chi connectivity index (χ4n) is 1.98. The Bertz CT molecular complexity index is 636. The molecule has 0 bridgehead atoms. The van der Waals surface area contributed by atoms with Crippen LogP contribution < -0.4 is 10.6 Å². The maximum absolute atomic E-state index is 12.0. The number of nitrogens with zero attached hydrogens (tertiary/aromatic N) is 1. The van der Waals surface area contributed by atoms with Crippen LogP contribution in [0.2, 0.25) is 0 Å². The second-order valence-electron chi connectivity index (χ2n) is 4.88. The largest absolute Gasteiger partial charge is 0.356 e. The molecule has 2 aromatic rings. The minimum atomic E-state index is -0.567. The van der Waals surface area contributed by atoms with Gasteiger partial charge in [-0.2, -0.15) is 0 Å². The second kappa shape index (κ2) is 6.88. The third-order valence-electron chi connectivity index (χ3n) is 3.10. The summed E-state index contributed by atoms with van der Waals surface area (Å²) >= 11 is 0. The molecule has 0 aliphatic carbocycles. The molecule has 2 amide bonds. The van der Waals surface area contributed by atoms with Gasteiger partial charge in [-0.15, -0.1) is 0 Å². The summed E-state index contributed by atoms with van der Waals surface area (Å²) in [6.45, 7) is 4.23. The lowest BCUT2D eigenvalue weighted by Gasteiger charge is -2.13. The van der Waals surface area contributed by atoms with E-state index in [1.165, 1.54) is 0 Å². The zero-order chi connectivity index (χ0) is 15.2. The maximum atomic E-state index is 12.0. The van der Waals surface area contributed by atoms with Crippen LogP contribution in [0, 0.1) is 0 Å². The van der Waals surface area contributed by atoms with Crippen molar-refractivity contribution in [2.24, 2.45) is 0 Å². The molecule has 0 saturated heterocycles. The number of rotatable bonds is 6. The summed E-state index contributed by atoms with van der Waals surface area (Å²) < 4.78 is 5.15. The van der Waals surface area contributed by atoms with Gasteiger partial charge in [0.2, 0.25) is 11.8 Å². The lowest BCUT2D eigenvalue weighted by molar-refractivity contribution is -0.128. The number of amides is 2. The quantitative estimate of drug-likeness (QED) is 0.842. The molecule has 0 aliphatic heterocycles. The first-order valence-electron chi connectivity index (χ1n) is 7.02. The number of nitrogens with one attached hydrogen (secondary N) is 2. The Kier molecular flexibility index (Phi) is 4.92. The molecule has 6 nitrogen and oxygen atoms in total. The molecule has 1 aromatic heterocycles. The predicted molar refractivity (Wildman–Crippen MR) is 78.6 cm³/mol. The molecule has 112 valence electrons. The van der Waals surface area contributed by atoms with Crippen molar-refractivity contribution in [1.29, 1.82) is 0 Å². The minimum absolute atomic E-state index is 0.0857. The first-order chi connectivity index (χ1) is 10.1. The van der Waals surface area contributed by atoms with Crippen LogP contribution in [0.4, 0.5) is 0 Å². The molecule has 21 heavy (non-hydrogen) atoms. The number of para-hydroxylation sites is 1. The highest BCUT2D eigenvalue weighted by Gasteiger charge is 2.17. The van der Waals surface area contributed by atoms with E-state index in [1.54, 1.807) is 13.0 Å². The van der Waals surface area contributed by atoms with Crippen molar-refractivity contribution in [1.82, 2.24) is 15.8 Å². The number of carbonyl (C=O) groups is 2. The van der Waals surface area contributed by atoms with Gasteiger partial charge in [0.25, 0.3) is 0 Å². The Morgan fingerprint density at radius 3 is 2.86 bits per heavy atom. The summed E-state index contributed by atoms with van der Waals surface area (Å²) in [7, 11) is 0. The molecule has 1 aromatic carbocycles. The van der Waals surface area contributed by atoms with Crippen LogP contribution in [0.3, 0.4) is 0 Å². The Labute approximate surface area is 122 Å². The van der Waals surface area contributed by atoms with Crippen molar-refractivity contribution >= 4 is 22.8 Å². The SMILES string of the molecule is CCCNC(=O)[C@H](C)NC(=O)Cc1noc2ccccc12. The molecule has 0 fully saturated rings. The Morgan fingerprint density at radius 2 is 2.10 bits per heavy atom. The van der Waals surface area contributed by atoms with Gasteiger partial charge in [0.05, 0.1) is 6.42 Å². The van der Waals surface area contributed by atoms with E-state index in [9.17, 15) is 9.59 Å². The Morgan fingerprint density at radius 1 is 1.33 bits per heavy atom. The molecular formula is C15H19N3O3. The third-order valence-corrected chi connectivity index (χ3v) is 3.10. The predicted octanol–water partition coefficient (Wildman–Crippen LogP) is 1.40. The van der Waals surface area contributed by atoms with E-state index in [-0.39, 0.29) is 18.2 Å². The molecule has 0 radical (unpaired) electrons. The van der Waals surface area contributed by atoms with E-state index >= 15 is 0 Å². The van der Waals surface area contributed by atoms with Gasteiger partial charge in [-0.3, -0.25) is 9.59 Å². The van der Waals surface area contributed by atoms with Crippen LogP contribution in [0.15, 0.2) is 28.8 Å². The number of fused-ring (bicyclic) bond motifs is 1. The molecular weight excluding hydrogens is 270 g/mol. The van der Waals surface area contributed by atoms with Gasteiger partial charge < -0.3 is 15.2 Å². The van der Waals surface area contributed by atoms with E-state index in [0.717, 1.165) is 11.8 Å². The molecule has 0 unspecified atom stereocenters. The Balaban J connectivity index is 1.94. The maximum Gasteiger partial charge on any atom is 0.242 e. The summed E-state index contributed by atoms with van der Waals surface area (Å²) in [5, 5.41) is 10.1. The molecule has 1 heterocycles. The molecule has 0 aliphatic rings. The van der Waals surface area contributed by atoms with Crippen molar-refractivity contribution in [3.63, 3.8) is 0 Å². The summed E-state index contributed by atoms with van der Waals surface area (Å²) in [5.74, 6) is -0.441. The van der Waals surface area contributed by atoms with Crippen molar-refractivity contribution < 1.29 is 14.1 Å². The topological polar surface area (TPSA) is 84.2 Å². The standard InChI is InChI=1S/C15H19N3O3/c1-3-8-16-15(20)10(2)17-14(19)9-12-11-6-4-5-7-13(11)21-18-12/h4-7,10H,3,8-9H2,1-2H3,(H,16,20)(H,17,19)/t10-/m0/s1. The van der Waals surface area contributed by atoms with Gasteiger partial charge in [0.15, 0.2) is 5.58 Å². The van der Waals surface area contributed by atoms with Crippen molar-refractivity contribution in [3.05, 3.63) is 30.0 Å². The lowest BCUT2D eigenvalue weighted by Crippen LogP contribution is -2.45. The van der Waals surface area contributed by atoms with E-state index in [0.29, 0.717) is 17.8 Å². The zero-order valence-corrected chi connectivity index (χ0v) is 12.2. The van der Waals surface area contributed by atoms with Gasteiger partial charge in [0, 0.05) is 11.9 Å². The highest BCUT2D eigenvalue weighted by Crippen LogP contribution is 2.17. The molecule has 1 atom stereocenters. The van der Waals surface area contributed by atoms with Gasteiger partial charge in [0.1, 0.15) is 11.7 Å². The average molecular weight is 289 g/mol. The summed E-state index contributed by atoms with van der Waals surface area (Å²) in [6, 6.07) is 6.79. The molecule has 0 saturated carbocycles. The van der Waals surface area contributed by atoms with E-state index in [4.69, 9.17) is 4.52 Å². The molecule has 2 rings (SSSR count). The van der Waals surface area contributed by atoms with Crippen LogP contribution in [0.5, 0.6) is 0 Å². The number of hydrogen-bond donors (Lipinski definition) is 2. The van der Waals surface area contributed by atoms with Crippen LogP contribution in [0.25, 0.3) is 11.0 Å². The van der Waals surface area contributed by atoms with E-state index in [1.807, 2.05) is 25.1 Å². The van der Waals surface area contributed by atoms with Gasteiger partial charge >= 0.3 is 0 Å². The normalized spacial score (nSPS) is 12.1. The summed E-state index contributed by atoms with van der Waals surface area (Å²) in [6.07, 6.45) is 0.944.